The number of fused-ring (bicyclic) bond motifs is 7. The fraction of sp³-hybridized carbons (Fsp3) is 0.568. The van der Waals surface area contributed by atoms with Crippen LogP contribution in [0.15, 0.2) is 36.4 Å². The van der Waals surface area contributed by atoms with E-state index in [-0.39, 0.29) is 36.3 Å². The van der Waals surface area contributed by atoms with Gasteiger partial charge in [-0.05, 0) is 79.5 Å². The molecule has 6 aliphatic rings. The van der Waals surface area contributed by atoms with Crippen molar-refractivity contribution in [3.63, 3.8) is 0 Å². The fourth-order valence-electron chi connectivity index (χ4n) is 10.7. The van der Waals surface area contributed by atoms with E-state index in [9.17, 15) is 36.3 Å². The lowest BCUT2D eigenvalue weighted by Crippen LogP contribution is -2.94. The minimum Gasteiger partial charge on any atom is -0.497 e. The minimum absolute atomic E-state index is 0.151. The molecule has 2 aliphatic heterocycles. The molecule has 6 atom stereocenters. The number of aromatic nitrogens is 1. The van der Waals surface area contributed by atoms with Crippen molar-refractivity contribution >= 4 is 32.9 Å². The van der Waals surface area contributed by atoms with Crippen LogP contribution in [-0.4, -0.2) is 84.2 Å². The second-order valence-corrected chi connectivity index (χ2v) is 17.8. The maximum absolute atomic E-state index is 14.9. The Morgan fingerprint density at radius 3 is 2.39 bits per heavy atom. The Hall–Kier alpha value is -3.62. The third-order valence-electron chi connectivity index (χ3n) is 13.6. The molecule has 4 aliphatic carbocycles. The summed E-state index contributed by atoms with van der Waals surface area (Å²) in [5.41, 5.74) is -0.181. The highest BCUT2D eigenvalue weighted by Crippen LogP contribution is 2.77. The van der Waals surface area contributed by atoms with Crippen molar-refractivity contribution in [2.45, 2.75) is 100 Å². The van der Waals surface area contributed by atoms with Crippen LogP contribution in [0.2, 0.25) is 0 Å². The highest BCUT2D eigenvalue weighted by molar-refractivity contribution is 7.87. The molecule has 3 aromatic rings. The van der Waals surface area contributed by atoms with E-state index in [2.05, 4.69) is 9.29 Å². The fourth-order valence-corrected chi connectivity index (χ4v) is 11.3. The monoisotopic (exact) mass is 726 g/mol. The Labute approximate surface area is 294 Å². The Kier molecular flexibility index (Phi) is 6.84. The van der Waals surface area contributed by atoms with Crippen LogP contribution in [0.4, 0.5) is 13.2 Å². The van der Waals surface area contributed by atoms with Gasteiger partial charge in [-0.1, -0.05) is 25.3 Å². The largest absolute Gasteiger partial charge is 0.497 e. The van der Waals surface area contributed by atoms with Crippen LogP contribution in [0, 0.1) is 10.8 Å². The lowest BCUT2D eigenvalue weighted by molar-refractivity contribution is -0.433. The zero-order valence-electron chi connectivity index (χ0n) is 28.7. The van der Waals surface area contributed by atoms with Gasteiger partial charge in [0.05, 0.1) is 18.2 Å². The molecule has 2 amide bonds. The predicted molar refractivity (Wildman–Crippen MR) is 181 cm³/mol. The van der Waals surface area contributed by atoms with Gasteiger partial charge in [0, 0.05) is 72.5 Å². The van der Waals surface area contributed by atoms with Gasteiger partial charge in [0.2, 0.25) is 5.91 Å². The number of rotatable bonds is 6. The van der Waals surface area contributed by atoms with E-state index in [0.29, 0.717) is 24.1 Å². The number of hydrogen-bond acceptors (Lipinski definition) is 6. The Morgan fingerprint density at radius 1 is 1.02 bits per heavy atom. The van der Waals surface area contributed by atoms with Crippen LogP contribution in [-0.2, 0) is 21.5 Å². The number of carbonyl (C=O) groups excluding carboxylic acids is 2. The van der Waals surface area contributed by atoms with E-state index in [0.717, 1.165) is 64.2 Å². The van der Waals surface area contributed by atoms with Gasteiger partial charge in [0.1, 0.15) is 5.75 Å². The number of alkyl halides is 3. The number of benzene rings is 2. The molecule has 1 aromatic heterocycles. The van der Waals surface area contributed by atoms with Crippen molar-refractivity contribution in [2.24, 2.45) is 10.8 Å². The molecule has 3 heterocycles. The number of piperidine rings is 2. The van der Waals surface area contributed by atoms with Crippen LogP contribution >= 0.6 is 0 Å². The van der Waals surface area contributed by atoms with E-state index in [1.807, 2.05) is 24.3 Å². The topological polar surface area (TPSA) is 121 Å². The molecule has 51 heavy (non-hydrogen) atoms. The quantitative estimate of drug-likeness (QED) is 0.349. The molecule has 2 aromatic carbocycles. The second kappa shape index (κ2) is 10.5. The Morgan fingerprint density at radius 2 is 1.76 bits per heavy atom. The summed E-state index contributed by atoms with van der Waals surface area (Å²) < 4.78 is 78.3. The average Bonchev–Trinajstić information content (AvgIpc) is 3.74. The number of nitrogens with zero attached hydrogens (tertiary/aromatic N) is 3. The van der Waals surface area contributed by atoms with Crippen molar-refractivity contribution in [2.75, 3.05) is 21.2 Å². The normalized spacial score (nSPS) is 32.2. The summed E-state index contributed by atoms with van der Waals surface area (Å²) >= 11 is 0. The first-order chi connectivity index (χ1) is 24.1. The third kappa shape index (κ3) is 4.15. The van der Waals surface area contributed by atoms with Crippen molar-refractivity contribution in [3.05, 3.63) is 53.1 Å². The molecule has 6 unspecified atom stereocenters. The van der Waals surface area contributed by atoms with E-state index >= 15 is 0 Å². The van der Waals surface area contributed by atoms with Crippen molar-refractivity contribution in [3.8, 4) is 17.0 Å². The summed E-state index contributed by atoms with van der Waals surface area (Å²) in [5, 5.41) is 11.8. The first kappa shape index (κ1) is 33.2. The van der Waals surface area contributed by atoms with Gasteiger partial charge in [-0.15, -0.1) is 0 Å². The summed E-state index contributed by atoms with van der Waals surface area (Å²) in [6, 6.07) is 9.80. The van der Waals surface area contributed by atoms with Crippen LogP contribution in [0.3, 0.4) is 0 Å². The van der Waals surface area contributed by atoms with E-state index < -0.39 is 57.2 Å². The Bertz CT molecular complexity index is 2140. The van der Waals surface area contributed by atoms with Gasteiger partial charge in [-0.3, -0.25) is 9.59 Å². The van der Waals surface area contributed by atoms with Gasteiger partial charge in [0.15, 0.2) is 5.60 Å². The number of ether oxygens (including phenoxy) is 1. The smallest absolute Gasteiger partial charge is 0.417 e. The molecule has 0 bridgehead atoms. The van der Waals surface area contributed by atoms with Gasteiger partial charge in [0.25, 0.3) is 5.91 Å². The number of nitrogens with one attached hydrogen (secondary N) is 1. The first-order valence-corrected chi connectivity index (χ1v) is 19.2. The van der Waals surface area contributed by atoms with E-state index in [1.54, 1.807) is 24.1 Å². The number of methoxy groups -OCH3 is 1. The maximum Gasteiger partial charge on any atom is 0.417 e. The lowest BCUT2D eigenvalue weighted by Gasteiger charge is -2.82. The average molecular weight is 727 g/mol. The third-order valence-corrected chi connectivity index (χ3v) is 15.0. The molecule has 0 radical (unpaired) electrons. The molecular weight excluding hydrogens is 685 g/mol. The molecule has 5 fully saturated rings. The first-order valence-electron chi connectivity index (χ1n) is 17.8. The summed E-state index contributed by atoms with van der Waals surface area (Å²) in [6.07, 6.45) is 1.14. The lowest BCUT2D eigenvalue weighted by atomic mass is 9.35. The summed E-state index contributed by atoms with van der Waals surface area (Å²) in [4.78, 5) is 30.0. The van der Waals surface area contributed by atoms with Gasteiger partial charge >= 0.3 is 16.4 Å². The van der Waals surface area contributed by atoms with Crippen molar-refractivity contribution in [1.29, 1.82) is 0 Å². The zero-order chi connectivity index (χ0) is 36.0. The number of carbonyl (C=O) groups is 2. The van der Waals surface area contributed by atoms with E-state index in [4.69, 9.17) is 4.74 Å². The Balaban J connectivity index is 1.19. The summed E-state index contributed by atoms with van der Waals surface area (Å²) in [6.45, 7) is 0.250. The van der Waals surface area contributed by atoms with Gasteiger partial charge in [-0.25, -0.2) is 4.72 Å². The molecule has 9 rings (SSSR count). The van der Waals surface area contributed by atoms with Gasteiger partial charge < -0.3 is 19.3 Å². The molecule has 1 spiro atoms. The van der Waals surface area contributed by atoms with Crippen LogP contribution in [0.5, 0.6) is 5.75 Å². The number of halogens is 3. The molecule has 2 N–H and O–H groups in total. The van der Waals surface area contributed by atoms with Crippen molar-refractivity contribution < 1.29 is 41.0 Å². The van der Waals surface area contributed by atoms with E-state index in [1.165, 1.54) is 14.1 Å². The standard InChI is InChI=1S/C37H41F3N4O6S/c1-42(2)51(48,49)41-32(45)21-9-11-24-27(15-21)43-19-34(33(46)44-28-13-14-35(28)29(44)18-36(35,47)37(38,39)40)17-26(34)25-16-22(50-3)10-12-23(25)31(43)30(24)20-7-5-4-6-8-20/h9-12,15-16,20,26,28-29,47H,4-8,13-14,17-19H2,1-3H3,(H,41,45). The minimum atomic E-state index is -4.76. The zero-order valence-corrected chi connectivity index (χ0v) is 29.5. The molecule has 1 saturated heterocycles. The SMILES string of the molecule is COc1ccc2c(c1)C1CC1(C(=O)N1C3CCC34C1CC4(O)C(F)(F)F)Cn1c-2c(C2CCCCC2)c2ccc(C(=O)NS(=O)(=O)N(C)C)cc21. The van der Waals surface area contributed by atoms with Crippen LogP contribution in [0.25, 0.3) is 22.2 Å². The number of amides is 2. The molecule has 14 heteroatoms. The number of likely N-dealkylation sites (tertiary alicyclic amines) is 1. The molecule has 10 nitrogen and oxygen atoms in total. The summed E-state index contributed by atoms with van der Waals surface area (Å²) in [5.74, 6) is -0.307. The maximum atomic E-state index is 14.9. The highest BCUT2D eigenvalue weighted by Gasteiger charge is 2.89. The van der Waals surface area contributed by atoms with Gasteiger partial charge in [-0.2, -0.15) is 25.9 Å². The van der Waals surface area contributed by atoms with Crippen LogP contribution in [0.1, 0.15) is 91.1 Å². The highest BCUT2D eigenvalue weighted by atomic mass is 32.2. The second-order valence-electron chi connectivity index (χ2n) is 15.9. The number of aliphatic hydroxyl groups is 1. The molecule has 4 saturated carbocycles. The molecule has 272 valence electrons. The molecular formula is C37H41F3N4O6S. The predicted octanol–water partition coefficient (Wildman–Crippen LogP) is 5.44. The van der Waals surface area contributed by atoms with Crippen molar-refractivity contribution in [1.82, 2.24) is 18.5 Å². The van der Waals surface area contributed by atoms with Crippen LogP contribution < -0.4 is 9.46 Å². The summed E-state index contributed by atoms with van der Waals surface area (Å²) in [7, 11) is 0.189. The number of hydrogen-bond donors (Lipinski definition) is 2.